The molecule has 0 saturated carbocycles. The lowest BCUT2D eigenvalue weighted by Crippen LogP contribution is -2.20. The van der Waals surface area contributed by atoms with Crippen molar-refractivity contribution in [3.05, 3.63) is 90.1 Å². The first-order chi connectivity index (χ1) is 15.8. The number of para-hydroxylation sites is 1. The number of rotatable bonds is 5. The van der Waals surface area contributed by atoms with E-state index in [-0.39, 0.29) is 6.79 Å². The molecule has 0 saturated heterocycles. The van der Waals surface area contributed by atoms with E-state index < -0.39 is 0 Å². The third-order valence-corrected chi connectivity index (χ3v) is 4.94. The summed E-state index contributed by atoms with van der Waals surface area (Å²) in [5.74, 6) is 2.73. The van der Waals surface area contributed by atoms with E-state index >= 15 is 0 Å². The van der Waals surface area contributed by atoms with E-state index in [0.29, 0.717) is 17.3 Å². The minimum atomic E-state index is 0.237. The maximum Gasteiger partial charge on any atom is 0.231 e. The number of benzene rings is 3. The average Bonchev–Trinajstić information content (AvgIpc) is 3.31. The first kappa shape index (κ1) is 19.6. The molecule has 0 aliphatic carbocycles. The standard InChI is InChI=1S/C25H20N4O3/c1-30-20-10-8-19(9-11-20)27-25(22-12-7-18-4-2-3-5-21(18)28-22)29-26-15-17-6-13-23-24(14-17)32-16-31-23/h2-15H,16H2,1H3,(H,27,29)/b26-15+. The van der Waals surface area contributed by atoms with Crippen molar-refractivity contribution in [1.29, 1.82) is 0 Å². The Bertz CT molecular complexity index is 1320. The highest BCUT2D eigenvalue weighted by Crippen LogP contribution is 2.32. The summed E-state index contributed by atoms with van der Waals surface area (Å²) in [6.07, 6.45) is 1.70. The fourth-order valence-electron chi connectivity index (χ4n) is 3.28. The van der Waals surface area contributed by atoms with Crippen LogP contribution in [0.2, 0.25) is 0 Å². The van der Waals surface area contributed by atoms with Crippen molar-refractivity contribution in [2.24, 2.45) is 10.1 Å². The normalized spacial score (nSPS) is 13.0. The predicted octanol–water partition coefficient (Wildman–Crippen LogP) is 4.67. The van der Waals surface area contributed by atoms with E-state index in [1.165, 1.54) is 0 Å². The van der Waals surface area contributed by atoms with Gasteiger partial charge in [-0.3, -0.25) is 5.43 Å². The summed E-state index contributed by atoms with van der Waals surface area (Å²) in [4.78, 5) is 9.48. The molecule has 2 heterocycles. The first-order valence-corrected chi connectivity index (χ1v) is 10.1. The molecule has 0 bridgehead atoms. The molecule has 7 nitrogen and oxygen atoms in total. The first-order valence-electron chi connectivity index (χ1n) is 10.1. The summed E-state index contributed by atoms with van der Waals surface area (Å²) >= 11 is 0. The molecule has 5 rings (SSSR count). The molecule has 1 aliphatic heterocycles. The number of amidine groups is 1. The van der Waals surface area contributed by atoms with Crippen LogP contribution in [-0.4, -0.2) is 30.9 Å². The summed E-state index contributed by atoms with van der Waals surface area (Å²) < 4.78 is 16.0. The Morgan fingerprint density at radius 2 is 1.81 bits per heavy atom. The van der Waals surface area contributed by atoms with Gasteiger partial charge in [-0.2, -0.15) is 5.10 Å². The molecular weight excluding hydrogens is 404 g/mol. The monoisotopic (exact) mass is 424 g/mol. The molecule has 0 fully saturated rings. The smallest absolute Gasteiger partial charge is 0.231 e. The number of nitrogens with zero attached hydrogens (tertiary/aromatic N) is 3. The SMILES string of the molecule is COc1ccc(N=C(N/N=C/c2ccc3c(c2)OCO3)c2ccc3ccccc3n2)cc1. The molecule has 158 valence electrons. The molecule has 1 N–H and O–H groups in total. The lowest BCUT2D eigenvalue weighted by Gasteiger charge is -2.08. The van der Waals surface area contributed by atoms with Gasteiger partial charge in [0.2, 0.25) is 6.79 Å². The second kappa shape index (κ2) is 8.77. The highest BCUT2D eigenvalue weighted by molar-refractivity contribution is 6.00. The number of methoxy groups -OCH3 is 1. The van der Waals surface area contributed by atoms with E-state index in [4.69, 9.17) is 24.2 Å². The molecule has 3 aromatic carbocycles. The van der Waals surface area contributed by atoms with E-state index in [1.54, 1.807) is 13.3 Å². The largest absolute Gasteiger partial charge is 0.497 e. The summed E-state index contributed by atoms with van der Waals surface area (Å²) in [7, 11) is 1.63. The predicted molar refractivity (Wildman–Crippen MR) is 124 cm³/mol. The average molecular weight is 424 g/mol. The Morgan fingerprint density at radius 3 is 2.69 bits per heavy atom. The molecule has 0 atom stereocenters. The minimum Gasteiger partial charge on any atom is -0.497 e. The van der Waals surface area contributed by atoms with Gasteiger partial charge >= 0.3 is 0 Å². The summed E-state index contributed by atoms with van der Waals surface area (Å²) in [6.45, 7) is 0.237. The van der Waals surface area contributed by atoms with E-state index in [2.05, 4.69) is 10.5 Å². The second-order valence-corrected chi connectivity index (χ2v) is 7.03. The van der Waals surface area contributed by atoms with Gasteiger partial charge in [0.05, 0.1) is 24.5 Å². The molecule has 0 amide bonds. The summed E-state index contributed by atoms with van der Waals surface area (Å²) in [5, 5.41) is 5.45. The topological polar surface area (TPSA) is 77.3 Å². The molecule has 0 spiro atoms. The Kier molecular flexibility index (Phi) is 5.36. The van der Waals surface area contributed by atoms with Gasteiger partial charge in [0.1, 0.15) is 11.4 Å². The van der Waals surface area contributed by atoms with Gasteiger partial charge in [0, 0.05) is 5.39 Å². The van der Waals surface area contributed by atoms with Gasteiger partial charge in [0.25, 0.3) is 0 Å². The van der Waals surface area contributed by atoms with Crippen LogP contribution in [0, 0.1) is 0 Å². The van der Waals surface area contributed by atoms with Crippen molar-refractivity contribution in [3.63, 3.8) is 0 Å². The van der Waals surface area contributed by atoms with Gasteiger partial charge in [-0.25, -0.2) is 9.98 Å². The van der Waals surface area contributed by atoms with Crippen molar-refractivity contribution >= 4 is 28.6 Å². The molecule has 7 heteroatoms. The van der Waals surface area contributed by atoms with Gasteiger partial charge in [-0.15, -0.1) is 0 Å². The zero-order chi connectivity index (χ0) is 21.8. The third-order valence-electron chi connectivity index (χ3n) is 4.94. The number of hydrogen-bond acceptors (Lipinski definition) is 6. The molecule has 1 aliphatic rings. The number of nitrogens with one attached hydrogen (secondary N) is 1. The van der Waals surface area contributed by atoms with Gasteiger partial charge in [-0.05, 0) is 60.2 Å². The Hall–Kier alpha value is -4.39. The Balaban J connectivity index is 1.46. The van der Waals surface area contributed by atoms with Crippen molar-refractivity contribution in [2.45, 2.75) is 0 Å². The molecule has 0 unspecified atom stereocenters. The highest BCUT2D eigenvalue weighted by Gasteiger charge is 2.12. The lowest BCUT2D eigenvalue weighted by atomic mass is 10.2. The fourth-order valence-corrected chi connectivity index (χ4v) is 3.28. The maximum atomic E-state index is 5.43. The van der Waals surface area contributed by atoms with Crippen LogP contribution in [0.1, 0.15) is 11.3 Å². The quantitative estimate of drug-likeness (QED) is 0.286. The Labute approximate surface area is 185 Å². The molecule has 0 radical (unpaired) electrons. The van der Waals surface area contributed by atoms with Gasteiger partial charge in [0.15, 0.2) is 17.3 Å². The van der Waals surface area contributed by atoms with Crippen LogP contribution in [0.15, 0.2) is 89.0 Å². The fraction of sp³-hybridized carbons (Fsp3) is 0.0800. The van der Waals surface area contributed by atoms with Gasteiger partial charge < -0.3 is 14.2 Å². The number of ether oxygens (including phenoxy) is 3. The molecule has 4 aromatic rings. The zero-order valence-electron chi connectivity index (χ0n) is 17.4. The molecule has 1 aromatic heterocycles. The Morgan fingerprint density at radius 1 is 0.969 bits per heavy atom. The molecular formula is C25H20N4O3. The number of pyridine rings is 1. The van der Waals surface area contributed by atoms with Crippen molar-refractivity contribution in [1.82, 2.24) is 10.4 Å². The maximum absolute atomic E-state index is 5.43. The second-order valence-electron chi connectivity index (χ2n) is 7.03. The third kappa shape index (κ3) is 4.22. The number of aliphatic imine (C=N–C) groups is 1. The highest BCUT2D eigenvalue weighted by atomic mass is 16.7. The summed E-state index contributed by atoms with van der Waals surface area (Å²) in [6, 6.07) is 25.0. The van der Waals surface area contributed by atoms with E-state index in [9.17, 15) is 0 Å². The van der Waals surface area contributed by atoms with Crippen LogP contribution in [0.4, 0.5) is 5.69 Å². The number of hydrazone groups is 1. The van der Waals surface area contributed by atoms with Crippen LogP contribution in [0.3, 0.4) is 0 Å². The van der Waals surface area contributed by atoms with Crippen LogP contribution in [0.25, 0.3) is 10.9 Å². The van der Waals surface area contributed by atoms with Crippen LogP contribution in [0.5, 0.6) is 17.2 Å². The minimum absolute atomic E-state index is 0.237. The van der Waals surface area contributed by atoms with Crippen molar-refractivity contribution in [3.8, 4) is 17.2 Å². The van der Waals surface area contributed by atoms with Crippen molar-refractivity contribution < 1.29 is 14.2 Å². The van der Waals surface area contributed by atoms with Crippen LogP contribution < -0.4 is 19.6 Å². The molecule has 32 heavy (non-hydrogen) atoms. The lowest BCUT2D eigenvalue weighted by molar-refractivity contribution is 0.174. The van der Waals surface area contributed by atoms with Crippen LogP contribution >= 0.6 is 0 Å². The van der Waals surface area contributed by atoms with Crippen LogP contribution in [-0.2, 0) is 0 Å². The number of hydrogen-bond donors (Lipinski definition) is 1. The van der Waals surface area contributed by atoms with Gasteiger partial charge in [-0.1, -0.05) is 24.3 Å². The zero-order valence-corrected chi connectivity index (χ0v) is 17.4. The number of aromatic nitrogens is 1. The van der Waals surface area contributed by atoms with Crippen molar-refractivity contribution in [2.75, 3.05) is 13.9 Å². The summed E-state index contributed by atoms with van der Waals surface area (Å²) in [5.41, 5.74) is 6.24. The number of fused-ring (bicyclic) bond motifs is 2. The van der Waals surface area contributed by atoms with E-state index in [0.717, 1.165) is 33.7 Å². The van der Waals surface area contributed by atoms with E-state index in [1.807, 2.05) is 78.9 Å².